The van der Waals surface area contributed by atoms with Gasteiger partial charge in [-0.2, -0.15) is 9.40 Å². The van der Waals surface area contributed by atoms with Crippen molar-refractivity contribution in [1.29, 1.82) is 0 Å². The van der Waals surface area contributed by atoms with Gasteiger partial charge in [-0.15, -0.1) is 5.10 Å². The van der Waals surface area contributed by atoms with Crippen LogP contribution >= 0.6 is 0 Å². The van der Waals surface area contributed by atoms with Crippen LogP contribution in [0, 0.1) is 13.8 Å². The van der Waals surface area contributed by atoms with Crippen molar-refractivity contribution in [3.63, 3.8) is 0 Å². The Bertz CT molecular complexity index is 740. The molecular formula is C13H16N4O4S. The molecule has 1 fully saturated rings. The second kappa shape index (κ2) is 5.65. The van der Waals surface area contributed by atoms with Crippen LogP contribution in [0.5, 0.6) is 5.88 Å². The van der Waals surface area contributed by atoms with Crippen LogP contribution in [0.2, 0.25) is 0 Å². The quantitative estimate of drug-likeness (QED) is 0.824. The Labute approximate surface area is 128 Å². The average Bonchev–Trinajstić information content (AvgIpc) is 3.08. The third-order valence-electron chi connectivity index (χ3n) is 3.51. The Morgan fingerprint density at radius 2 is 2.23 bits per heavy atom. The number of aromatic nitrogens is 3. The Morgan fingerprint density at radius 1 is 1.41 bits per heavy atom. The minimum atomic E-state index is -3.62. The second-order valence-electron chi connectivity index (χ2n) is 5.11. The van der Waals surface area contributed by atoms with Crippen molar-refractivity contribution in [3.8, 4) is 5.88 Å². The van der Waals surface area contributed by atoms with Crippen molar-refractivity contribution in [1.82, 2.24) is 19.7 Å². The standard InChI is InChI=1S/C13H16N4O4S/c1-9-13(10(2)21-16-9)22(18,19)17-7-5-11(8-17)20-12-4-3-6-14-15-12/h3-4,6,11H,5,7-8H2,1-2H3. The summed E-state index contributed by atoms with van der Waals surface area (Å²) >= 11 is 0. The molecule has 0 saturated carbocycles. The lowest BCUT2D eigenvalue weighted by molar-refractivity contribution is 0.204. The molecule has 1 aliphatic rings. The highest BCUT2D eigenvalue weighted by molar-refractivity contribution is 7.89. The van der Waals surface area contributed by atoms with Gasteiger partial charge in [0.05, 0.1) is 6.54 Å². The lowest BCUT2D eigenvalue weighted by Crippen LogP contribution is -2.31. The van der Waals surface area contributed by atoms with Crippen molar-refractivity contribution in [2.45, 2.75) is 31.3 Å². The maximum absolute atomic E-state index is 12.7. The van der Waals surface area contributed by atoms with Crippen molar-refractivity contribution in [2.75, 3.05) is 13.1 Å². The topological polar surface area (TPSA) is 98.4 Å². The molecule has 3 rings (SSSR count). The summed E-state index contributed by atoms with van der Waals surface area (Å²) in [4.78, 5) is 0.146. The van der Waals surface area contributed by atoms with E-state index in [1.54, 1.807) is 32.2 Å². The normalized spacial score (nSPS) is 19.5. The molecule has 0 amide bonds. The van der Waals surface area contributed by atoms with Crippen LogP contribution < -0.4 is 4.74 Å². The van der Waals surface area contributed by atoms with Gasteiger partial charge < -0.3 is 9.26 Å². The number of rotatable bonds is 4. The van der Waals surface area contributed by atoms with Gasteiger partial charge in [0, 0.05) is 18.8 Å². The van der Waals surface area contributed by atoms with Crippen LogP contribution in [0.15, 0.2) is 27.7 Å². The van der Waals surface area contributed by atoms with Gasteiger partial charge in [0.15, 0.2) is 5.76 Å². The Hall–Kier alpha value is -2.00. The molecule has 2 aromatic heterocycles. The van der Waals surface area contributed by atoms with Gasteiger partial charge in [0.2, 0.25) is 15.9 Å². The summed E-state index contributed by atoms with van der Waals surface area (Å²) in [5.41, 5.74) is 0.371. The zero-order valence-electron chi connectivity index (χ0n) is 12.3. The molecule has 0 radical (unpaired) electrons. The monoisotopic (exact) mass is 324 g/mol. The van der Waals surface area contributed by atoms with E-state index in [1.165, 1.54) is 4.31 Å². The molecule has 1 atom stereocenters. The fourth-order valence-corrected chi connectivity index (χ4v) is 4.28. The minimum absolute atomic E-state index is 0.146. The molecule has 1 aliphatic heterocycles. The third kappa shape index (κ3) is 2.69. The van der Waals surface area contributed by atoms with Crippen LogP contribution in [-0.4, -0.2) is 47.3 Å². The number of aryl methyl sites for hydroxylation is 2. The van der Waals surface area contributed by atoms with Crippen molar-refractivity contribution in [2.24, 2.45) is 0 Å². The van der Waals surface area contributed by atoms with Crippen molar-refractivity contribution >= 4 is 10.0 Å². The maximum Gasteiger partial charge on any atom is 0.248 e. The predicted molar refractivity (Wildman–Crippen MR) is 75.8 cm³/mol. The van der Waals surface area contributed by atoms with E-state index in [0.29, 0.717) is 30.3 Å². The summed E-state index contributed by atoms with van der Waals surface area (Å²) in [5, 5.41) is 11.3. The average molecular weight is 324 g/mol. The largest absolute Gasteiger partial charge is 0.472 e. The predicted octanol–water partition coefficient (Wildman–Crippen LogP) is 0.923. The van der Waals surface area contributed by atoms with E-state index in [-0.39, 0.29) is 17.5 Å². The van der Waals surface area contributed by atoms with Gasteiger partial charge in [-0.05, 0) is 26.3 Å². The first kappa shape index (κ1) is 14.9. The zero-order valence-corrected chi connectivity index (χ0v) is 13.1. The van der Waals surface area contributed by atoms with Gasteiger partial charge in [0.1, 0.15) is 16.7 Å². The van der Waals surface area contributed by atoms with Gasteiger partial charge >= 0.3 is 0 Å². The van der Waals surface area contributed by atoms with E-state index in [2.05, 4.69) is 15.4 Å². The van der Waals surface area contributed by atoms with Gasteiger partial charge in [0.25, 0.3) is 0 Å². The Morgan fingerprint density at radius 3 is 2.86 bits per heavy atom. The van der Waals surface area contributed by atoms with E-state index in [1.807, 2.05) is 0 Å². The SMILES string of the molecule is Cc1noc(C)c1S(=O)(=O)N1CCC(Oc2cccnn2)C1. The van der Waals surface area contributed by atoms with Gasteiger partial charge in [-0.1, -0.05) is 5.16 Å². The molecule has 8 nitrogen and oxygen atoms in total. The lowest BCUT2D eigenvalue weighted by Gasteiger charge is -2.16. The molecule has 0 spiro atoms. The number of ether oxygens (including phenoxy) is 1. The summed E-state index contributed by atoms with van der Waals surface area (Å²) < 4.78 is 37.4. The minimum Gasteiger partial charge on any atom is -0.472 e. The fourth-order valence-electron chi connectivity index (χ4n) is 2.51. The molecule has 1 unspecified atom stereocenters. The van der Waals surface area contributed by atoms with E-state index >= 15 is 0 Å². The summed E-state index contributed by atoms with van der Waals surface area (Å²) in [6, 6.07) is 3.41. The number of hydrogen-bond acceptors (Lipinski definition) is 7. The second-order valence-corrected chi connectivity index (χ2v) is 6.98. The molecule has 118 valence electrons. The van der Waals surface area contributed by atoms with Crippen molar-refractivity contribution < 1.29 is 17.7 Å². The van der Waals surface area contributed by atoms with E-state index in [9.17, 15) is 8.42 Å². The molecule has 0 aliphatic carbocycles. The van der Waals surface area contributed by atoms with Crippen LogP contribution in [-0.2, 0) is 10.0 Å². The molecule has 3 heterocycles. The maximum atomic E-state index is 12.7. The number of hydrogen-bond donors (Lipinski definition) is 0. The highest BCUT2D eigenvalue weighted by Gasteiger charge is 2.37. The molecule has 2 aromatic rings. The number of nitrogens with zero attached hydrogens (tertiary/aromatic N) is 4. The summed E-state index contributed by atoms with van der Waals surface area (Å²) in [6.07, 6.45) is 1.90. The summed E-state index contributed by atoms with van der Waals surface area (Å²) in [5.74, 6) is 0.694. The first-order chi connectivity index (χ1) is 10.5. The lowest BCUT2D eigenvalue weighted by atomic mass is 10.3. The number of sulfonamides is 1. The summed E-state index contributed by atoms with van der Waals surface area (Å²) in [7, 11) is -3.62. The molecule has 9 heteroatoms. The van der Waals surface area contributed by atoms with Crippen LogP contribution in [0.4, 0.5) is 0 Å². The molecule has 1 saturated heterocycles. The van der Waals surface area contributed by atoms with Crippen LogP contribution in [0.1, 0.15) is 17.9 Å². The van der Waals surface area contributed by atoms with Crippen molar-refractivity contribution in [3.05, 3.63) is 29.8 Å². The van der Waals surface area contributed by atoms with E-state index < -0.39 is 10.0 Å². The molecular weight excluding hydrogens is 308 g/mol. The Balaban J connectivity index is 1.75. The first-order valence-corrected chi connectivity index (χ1v) is 8.30. The van der Waals surface area contributed by atoms with E-state index in [4.69, 9.17) is 9.26 Å². The highest BCUT2D eigenvalue weighted by atomic mass is 32.2. The summed E-state index contributed by atoms with van der Waals surface area (Å²) in [6.45, 7) is 3.86. The highest BCUT2D eigenvalue weighted by Crippen LogP contribution is 2.27. The zero-order chi connectivity index (χ0) is 15.7. The fraction of sp³-hybridized carbons (Fsp3) is 0.462. The van der Waals surface area contributed by atoms with Gasteiger partial charge in [-0.25, -0.2) is 8.42 Å². The molecule has 22 heavy (non-hydrogen) atoms. The van der Waals surface area contributed by atoms with E-state index in [0.717, 1.165) is 0 Å². The van der Waals surface area contributed by atoms with Crippen LogP contribution in [0.3, 0.4) is 0 Å². The Kier molecular flexibility index (Phi) is 3.83. The molecule has 0 bridgehead atoms. The first-order valence-electron chi connectivity index (χ1n) is 6.86. The third-order valence-corrected chi connectivity index (χ3v) is 5.62. The molecule has 0 aromatic carbocycles. The van der Waals surface area contributed by atoms with Gasteiger partial charge in [-0.3, -0.25) is 0 Å². The van der Waals surface area contributed by atoms with Crippen LogP contribution in [0.25, 0.3) is 0 Å². The smallest absolute Gasteiger partial charge is 0.248 e. The molecule has 0 N–H and O–H groups in total.